The van der Waals surface area contributed by atoms with Crippen LogP contribution < -0.4 is 0 Å². The molecule has 9 heteroatoms. The van der Waals surface area contributed by atoms with Gasteiger partial charge < -0.3 is 14.3 Å². The van der Waals surface area contributed by atoms with E-state index < -0.39 is 28.4 Å². The SMILES string of the molecule is COC(=O)C(Cl)Cl.[2H]C(Cl)C(=O)C(=O)OC.[2H]C=O. The summed E-state index contributed by atoms with van der Waals surface area (Å²) in [5, 5.41) is 0. The van der Waals surface area contributed by atoms with Crippen LogP contribution in [0.25, 0.3) is 0 Å². The van der Waals surface area contributed by atoms with Gasteiger partial charge in [-0.15, -0.1) is 11.6 Å². The number of ether oxygens (including phenoxy) is 2. The monoisotopic (exact) mass is 310 g/mol. The zero-order chi connectivity index (χ0) is 16.0. The maximum Gasteiger partial charge on any atom is 0.375 e. The van der Waals surface area contributed by atoms with Gasteiger partial charge in [0.25, 0.3) is 5.78 Å². The van der Waals surface area contributed by atoms with Gasteiger partial charge in [-0.3, -0.25) is 4.79 Å². The second-order valence-corrected chi connectivity index (χ2v) is 3.10. The minimum Gasteiger partial charge on any atom is -0.467 e. The van der Waals surface area contributed by atoms with Crippen molar-refractivity contribution in [1.29, 1.82) is 0 Å². The number of hydrogen-bond acceptors (Lipinski definition) is 6. The molecule has 0 saturated heterocycles. The molecule has 0 rings (SSSR count). The first-order chi connectivity index (χ1) is 8.69. The molecule has 0 heterocycles. The van der Waals surface area contributed by atoms with Crippen molar-refractivity contribution < 1.29 is 31.4 Å². The summed E-state index contributed by atoms with van der Waals surface area (Å²) in [5.74, 6) is -4.29. The van der Waals surface area contributed by atoms with Gasteiger partial charge in [0.05, 0.1) is 21.4 Å². The first-order valence-corrected chi connectivity index (χ1v) is 4.86. The average Bonchev–Trinajstić information content (AvgIpc) is 2.37. The molecule has 0 aliphatic rings. The third kappa shape index (κ3) is 15.1. The van der Waals surface area contributed by atoms with Crippen LogP contribution in [0, 0.1) is 0 Å². The lowest BCUT2D eigenvalue weighted by atomic mass is 10.5. The Morgan fingerprint density at radius 1 is 1.35 bits per heavy atom. The highest BCUT2D eigenvalue weighted by Gasteiger charge is 2.10. The van der Waals surface area contributed by atoms with Gasteiger partial charge in [-0.2, -0.15) is 0 Å². The highest BCUT2D eigenvalue weighted by atomic mass is 35.5. The Morgan fingerprint density at radius 3 is 1.82 bits per heavy atom. The second-order valence-electron chi connectivity index (χ2n) is 1.79. The molecule has 0 aromatic heterocycles. The van der Waals surface area contributed by atoms with Crippen molar-refractivity contribution in [2.45, 2.75) is 4.84 Å². The number of rotatable bonds is 3. The van der Waals surface area contributed by atoms with Crippen molar-refractivity contribution in [3.05, 3.63) is 0 Å². The molecule has 0 aromatic carbocycles. The van der Waals surface area contributed by atoms with E-state index in [0.29, 0.717) is 0 Å². The summed E-state index contributed by atoms with van der Waals surface area (Å²) < 4.78 is 20.1. The van der Waals surface area contributed by atoms with Crippen LogP contribution in [-0.4, -0.2) is 49.4 Å². The highest BCUT2D eigenvalue weighted by Crippen LogP contribution is 2.01. The summed E-state index contributed by atoms with van der Waals surface area (Å²) in [6.07, 6.45) is 0. The first-order valence-electron chi connectivity index (χ1n) is 4.71. The maximum absolute atomic E-state index is 10.3. The Kier molecular flexibility index (Phi) is 14.4. The van der Waals surface area contributed by atoms with Crippen LogP contribution in [0.3, 0.4) is 0 Å². The quantitative estimate of drug-likeness (QED) is 0.434. The van der Waals surface area contributed by atoms with Crippen LogP contribution in [0.5, 0.6) is 0 Å². The molecule has 0 fully saturated rings. The maximum atomic E-state index is 10.3. The number of ketones is 1. The van der Waals surface area contributed by atoms with Gasteiger partial charge in [-0.25, -0.2) is 9.59 Å². The molecular weight excluding hydrogens is 298 g/mol. The van der Waals surface area contributed by atoms with Gasteiger partial charge >= 0.3 is 11.9 Å². The van der Waals surface area contributed by atoms with Crippen LogP contribution in [0.15, 0.2) is 0 Å². The minimum atomic E-state index is -1.54. The molecule has 17 heavy (non-hydrogen) atoms. The van der Waals surface area contributed by atoms with E-state index >= 15 is 0 Å². The number of carbonyl (C=O) groups excluding carboxylic acids is 4. The average molecular weight is 312 g/mol. The van der Waals surface area contributed by atoms with Crippen molar-refractivity contribution in [2.24, 2.45) is 0 Å². The molecular formula is C8H11Cl3O6. The topological polar surface area (TPSA) is 86.7 Å². The van der Waals surface area contributed by atoms with Crippen LogP contribution >= 0.6 is 34.8 Å². The van der Waals surface area contributed by atoms with E-state index in [-0.39, 0.29) is 6.77 Å². The zero-order valence-electron chi connectivity index (χ0n) is 10.8. The van der Waals surface area contributed by atoms with E-state index in [4.69, 9.17) is 42.3 Å². The summed E-state index contributed by atoms with van der Waals surface area (Å²) in [6, 6.07) is 0. The van der Waals surface area contributed by atoms with Crippen molar-refractivity contribution in [3.8, 4) is 0 Å². The van der Waals surface area contributed by atoms with Crippen molar-refractivity contribution in [2.75, 3.05) is 20.1 Å². The molecule has 0 radical (unpaired) electrons. The van der Waals surface area contributed by atoms with Gasteiger partial charge in [0.2, 0.25) is 4.84 Å². The molecule has 0 amide bonds. The normalized spacial score (nSPS) is 11.2. The van der Waals surface area contributed by atoms with Crippen molar-refractivity contribution in [1.82, 2.24) is 0 Å². The van der Waals surface area contributed by atoms with Gasteiger partial charge in [-0.1, -0.05) is 23.2 Å². The Hall–Kier alpha value is -0.850. The molecule has 6 nitrogen and oxygen atoms in total. The molecule has 0 spiro atoms. The fraction of sp³-hybridized carbons (Fsp3) is 0.500. The van der Waals surface area contributed by atoms with Gasteiger partial charge in [0.1, 0.15) is 8.14 Å². The molecule has 1 atom stereocenters. The lowest BCUT2D eigenvalue weighted by molar-refractivity contribution is -0.150. The summed E-state index contributed by atoms with van der Waals surface area (Å²) in [5.41, 5.74) is 0. The van der Waals surface area contributed by atoms with E-state index in [1.54, 1.807) is 0 Å². The molecule has 1 unspecified atom stereocenters. The van der Waals surface area contributed by atoms with E-state index in [2.05, 4.69) is 9.47 Å². The lowest BCUT2D eigenvalue weighted by Crippen LogP contribution is -2.16. The Morgan fingerprint density at radius 2 is 1.76 bits per heavy atom. The lowest BCUT2D eigenvalue weighted by Gasteiger charge is -1.93. The first kappa shape index (κ1) is 16.1. The third-order valence-electron chi connectivity index (χ3n) is 0.865. The predicted octanol–water partition coefficient (Wildman–Crippen LogP) is 0.745. The van der Waals surface area contributed by atoms with Crippen LogP contribution in [0.1, 0.15) is 2.74 Å². The number of hydrogen-bond donors (Lipinski definition) is 0. The fourth-order valence-corrected chi connectivity index (χ4v) is 0.501. The molecule has 0 saturated carbocycles. The van der Waals surface area contributed by atoms with E-state index in [1.807, 2.05) is 0 Å². The molecule has 100 valence electrons. The summed E-state index contributed by atoms with van der Waals surface area (Å²) in [4.78, 5) is 37.9. The minimum absolute atomic E-state index is 0. The number of halogens is 3. The van der Waals surface area contributed by atoms with E-state index in [0.717, 1.165) is 7.11 Å². The van der Waals surface area contributed by atoms with E-state index in [9.17, 15) is 14.4 Å². The molecule has 0 aromatic rings. The summed E-state index contributed by atoms with van der Waals surface area (Å²) in [6.45, 7) is 0. The van der Waals surface area contributed by atoms with Crippen LogP contribution in [0.2, 0.25) is 0 Å². The third-order valence-corrected chi connectivity index (χ3v) is 1.42. The number of alkyl halides is 3. The Balaban J connectivity index is -0.000000228. The Labute approximate surface area is 116 Å². The predicted molar refractivity (Wildman–Crippen MR) is 62.4 cm³/mol. The largest absolute Gasteiger partial charge is 0.467 e. The van der Waals surface area contributed by atoms with Crippen molar-refractivity contribution in [3.63, 3.8) is 0 Å². The molecule has 0 aliphatic heterocycles. The summed E-state index contributed by atoms with van der Waals surface area (Å²) >= 11 is 15.0. The Bertz CT molecular complexity index is 298. The smallest absolute Gasteiger partial charge is 0.375 e. The second kappa shape index (κ2) is 15.1. The van der Waals surface area contributed by atoms with Crippen LogP contribution in [0.4, 0.5) is 0 Å². The highest BCUT2D eigenvalue weighted by molar-refractivity contribution is 6.52. The van der Waals surface area contributed by atoms with Gasteiger partial charge in [0, 0.05) is 0 Å². The van der Waals surface area contributed by atoms with Crippen LogP contribution in [-0.2, 0) is 28.7 Å². The van der Waals surface area contributed by atoms with Gasteiger partial charge in [-0.05, 0) is 0 Å². The van der Waals surface area contributed by atoms with E-state index in [1.165, 1.54) is 7.11 Å². The standard InChI is InChI=1S/C4H5ClO3.C3H4Cl2O2.CH2O/c1-8-4(7)3(6)2-5;1-7-3(6)2(4)5;1-2/h2H2,1H3;2H,1H3;1H2/i2D;;1D. The molecule has 0 N–H and O–H groups in total. The van der Waals surface area contributed by atoms with Crippen molar-refractivity contribution >= 4 is 59.3 Å². The number of esters is 2. The number of Topliss-reactive ketones (excluding diaryl/α,β-unsaturated/α-hetero) is 1. The number of methoxy groups -OCH3 is 2. The molecule has 0 aliphatic carbocycles. The van der Waals surface area contributed by atoms with Gasteiger partial charge in [0.15, 0.2) is 0 Å². The zero-order valence-corrected chi connectivity index (χ0v) is 11.1. The fourth-order valence-electron chi connectivity index (χ4n) is 0.234. The summed E-state index contributed by atoms with van der Waals surface area (Å²) in [7, 11) is 2.28. The number of carbonyl (C=O) groups is 4. The molecule has 0 bridgehead atoms.